The molecule has 0 saturated heterocycles. The second kappa shape index (κ2) is 6.93. The lowest BCUT2D eigenvalue weighted by molar-refractivity contribution is 0.0939. The molecule has 0 saturated carbocycles. The van der Waals surface area contributed by atoms with Gasteiger partial charge in [-0.2, -0.15) is 0 Å². The van der Waals surface area contributed by atoms with Gasteiger partial charge in [0.1, 0.15) is 5.75 Å². The maximum atomic E-state index is 13.7. The van der Waals surface area contributed by atoms with Crippen molar-refractivity contribution in [3.8, 4) is 11.5 Å². The van der Waals surface area contributed by atoms with Crippen LogP contribution in [0, 0.1) is 5.82 Å². The minimum Gasteiger partial charge on any atom is -0.497 e. The van der Waals surface area contributed by atoms with E-state index < -0.39 is 5.82 Å². The number of carbonyl (C=O) groups excluding carboxylic acids is 1. The lowest BCUT2D eigenvalue weighted by Gasteiger charge is -2.15. The zero-order valence-corrected chi connectivity index (χ0v) is 12.7. The molecule has 2 rings (SSSR count). The van der Waals surface area contributed by atoms with E-state index >= 15 is 0 Å². The van der Waals surface area contributed by atoms with Crippen LogP contribution < -0.4 is 14.8 Å². The molecule has 0 spiro atoms. The van der Waals surface area contributed by atoms with Crippen molar-refractivity contribution < 1.29 is 18.7 Å². The van der Waals surface area contributed by atoms with E-state index in [-0.39, 0.29) is 17.7 Å². The molecule has 0 aliphatic carbocycles. The van der Waals surface area contributed by atoms with Gasteiger partial charge in [-0.3, -0.25) is 4.79 Å². The fraction of sp³-hybridized carbons (Fsp3) is 0.235. The molecule has 1 N–H and O–H groups in total. The lowest BCUT2D eigenvalue weighted by Crippen LogP contribution is -2.26. The normalized spacial score (nSPS) is 11.6. The number of hydrogen-bond donors (Lipinski definition) is 1. The van der Waals surface area contributed by atoms with Crippen LogP contribution in [-0.2, 0) is 0 Å². The third-order valence-corrected chi connectivity index (χ3v) is 3.36. The van der Waals surface area contributed by atoms with Crippen LogP contribution in [0.2, 0.25) is 0 Å². The number of benzene rings is 2. The zero-order valence-electron chi connectivity index (χ0n) is 12.7. The molecule has 1 atom stereocenters. The highest BCUT2D eigenvalue weighted by molar-refractivity contribution is 5.94. The number of ether oxygens (including phenoxy) is 2. The third-order valence-electron chi connectivity index (χ3n) is 3.36. The molecule has 1 amide bonds. The molecule has 0 fully saturated rings. The number of methoxy groups -OCH3 is 2. The Morgan fingerprint density at radius 2 is 1.91 bits per heavy atom. The van der Waals surface area contributed by atoms with Gasteiger partial charge in [-0.05, 0) is 42.8 Å². The number of rotatable bonds is 5. The highest BCUT2D eigenvalue weighted by atomic mass is 19.1. The van der Waals surface area contributed by atoms with Gasteiger partial charge >= 0.3 is 0 Å². The average molecular weight is 303 g/mol. The molecule has 2 aromatic carbocycles. The molecule has 22 heavy (non-hydrogen) atoms. The van der Waals surface area contributed by atoms with Crippen molar-refractivity contribution in [1.29, 1.82) is 0 Å². The summed E-state index contributed by atoms with van der Waals surface area (Å²) >= 11 is 0. The first kappa shape index (κ1) is 15.8. The van der Waals surface area contributed by atoms with Gasteiger partial charge in [0, 0.05) is 5.56 Å². The number of carbonyl (C=O) groups is 1. The van der Waals surface area contributed by atoms with E-state index in [4.69, 9.17) is 9.47 Å². The van der Waals surface area contributed by atoms with E-state index in [9.17, 15) is 9.18 Å². The predicted molar refractivity (Wildman–Crippen MR) is 81.8 cm³/mol. The Labute approximate surface area is 128 Å². The quantitative estimate of drug-likeness (QED) is 0.921. The number of amides is 1. The van der Waals surface area contributed by atoms with Gasteiger partial charge in [0.25, 0.3) is 5.91 Å². The SMILES string of the molecule is COc1cccc(C(=O)N[C@@H](C)c2ccc(OC)c(F)c2)c1. The molecule has 0 aliphatic rings. The summed E-state index contributed by atoms with van der Waals surface area (Å²) in [7, 11) is 2.95. The monoisotopic (exact) mass is 303 g/mol. The van der Waals surface area contributed by atoms with Gasteiger partial charge in [-0.1, -0.05) is 12.1 Å². The van der Waals surface area contributed by atoms with Gasteiger partial charge in [-0.15, -0.1) is 0 Å². The largest absolute Gasteiger partial charge is 0.497 e. The van der Waals surface area contributed by atoms with Crippen molar-refractivity contribution in [3.05, 3.63) is 59.4 Å². The summed E-state index contributed by atoms with van der Waals surface area (Å²) in [6, 6.07) is 11.1. The van der Waals surface area contributed by atoms with E-state index in [2.05, 4.69) is 5.32 Å². The summed E-state index contributed by atoms with van der Waals surface area (Å²) in [5, 5.41) is 2.83. The van der Waals surface area contributed by atoms with Crippen LogP contribution in [0.3, 0.4) is 0 Å². The van der Waals surface area contributed by atoms with E-state index in [1.54, 1.807) is 50.4 Å². The molecule has 4 nitrogen and oxygen atoms in total. The molecule has 0 aromatic heterocycles. The molecule has 0 bridgehead atoms. The first-order chi connectivity index (χ1) is 10.5. The van der Waals surface area contributed by atoms with Crippen LogP contribution in [0.1, 0.15) is 28.9 Å². The van der Waals surface area contributed by atoms with Crippen LogP contribution in [0.4, 0.5) is 4.39 Å². The van der Waals surface area contributed by atoms with Crippen molar-refractivity contribution >= 4 is 5.91 Å². The van der Waals surface area contributed by atoms with Gasteiger partial charge < -0.3 is 14.8 Å². The highest BCUT2D eigenvalue weighted by Crippen LogP contribution is 2.22. The Hall–Kier alpha value is -2.56. The summed E-state index contributed by atoms with van der Waals surface area (Å²) in [6.07, 6.45) is 0. The zero-order chi connectivity index (χ0) is 16.1. The second-order valence-corrected chi connectivity index (χ2v) is 4.82. The van der Waals surface area contributed by atoms with Gasteiger partial charge in [0.15, 0.2) is 11.6 Å². The maximum Gasteiger partial charge on any atom is 0.251 e. The Kier molecular flexibility index (Phi) is 4.99. The number of halogens is 1. The lowest BCUT2D eigenvalue weighted by atomic mass is 10.1. The number of hydrogen-bond acceptors (Lipinski definition) is 3. The van der Waals surface area contributed by atoms with Crippen LogP contribution in [-0.4, -0.2) is 20.1 Å². The van der Waals surface area contributed by atoms with Crippen LogP contribution >= 0.6 is 0 Å². The fourth-order valence-corrected chi connectivity index (χ4v) is 2.08. The van der Waals surface area contributed by atoms with E-state index in [0.717, 1.165) is 0 Å². The molecule has 0 unspecified atom stereocenters. The maximum absolute atomic E-state index is 13.7. The fourth-order valence-electron chi connectivity index (χ4n) is 2.08. The molecular formula is C17H18FNO3. The molecular weight excluding hydrogens is 285 g/mol. The summed E-state index contributed by atoms with van der Waals surface area (Å²) in [6.45, 7) is 1.79. The average Bonchev–Trinajstić information content (AvgIpc) is 2.54. The van der Waals surface area contributed by atoms with E-state index in [1.807, 2.05) is 0 Å². The first-order valence-corrected chi connectivity index (χ1v) is 6.83. The third kappa shape index (κ3) is 3.55. The van der Waals surface area contributed by atoms with Crippen molar-refractivity contribution in [1.82, 2.24) is 5.32 Å². The summed E-state index contributed by atoms with van der Waals surface area (Å²) < 4.78 is 23.7. The van der Waals surface area contributed by atoms with Crippen molar-refractivity contribution in [2.24, 2.45) is 0 Å². The molecule has 2 aromatic rings. The Morgan fingerprint density at radius 1 is 1.14 bits per heavy atom. The Bertz CT molecular complexity index is 673. The summed E-state index contributed by atoms with van der Waals surface area (Å²) in [5.41, 5.74) is 1.15. The second-order valence-electron chi connectivity index (χ2n) is 4.82. The summed E-state index contributed by atoms with van der Waals surface area (Å²) in [5.74, 6) is 0.0796. The van der Waals surface area contributed by atoms with Gasteiger partial charge in [-0.25, -0.2) is 4.39 Å². The van der Waals surface area contributed by atoms with Crippen molar-refractivity contribution in [3.63, 3.8) is 0 Å². The number of nitrogens with one attached hydrogen (secondary N) is 1. The minimum absolute atomic E-state index is 0.176. The standard InChI is InChI=1S/C17H18FNO3/c1-11(12-7-8-16(22-3)15(18)10-12)19-17(20)13-5-4-6-14(9-13)21-2/h4-11H,1-3H3,(H,19,20)/t11-/m0/s1. The topological polar surface area (TPSA) is 47.6 Å². The van der Waals surface area contributed by atoms with Gasteiger partial charge in [0.2, 0.25) is 0 Å². The minimum atomic E-state index is -0.456. The summed E-state index contributed by atoms with van der Waals surface area (Å²) in [4.78, 5) is 12.2. The van der Waals surface area contributed by atoms with Crippen molar-refractivity contribution in [2.75, 3.05) is 14.2 Å². The smallest absolute Gasteiger partial charge is 0.251 e. The highest BCUT2D eigenvalue weighted by Gasteiger charge is 2.14. The molecule has 0 heterocycles. The first-order valence-electron chi connectivity index (χ1n) is 6.83. The van der Waals surface area contributed by atoms with E-state index in [0.29, 0.717) is 16.9 Å². The van der Waals surface area contributed by atoms with E-state index in [1.165, 1.54) is 13.2 Å². The van der Waals surface area contributed by atoms with Crippen LogP contribution in [0.25, 0.3) is 0 Å². The molecule has 0 radical (unpaired) electrons. The predicted octanol–water partition coefficient (Wildman–Crippen LogP) is 3.33. The molecule has 5 heteroatoms. The molecule has 116 valence electrons. The van der Waals surface area contributed by atoms with Crippen LogP contribution in [0.5, 0.6) is 11.5 Å². The van der Waals surface area contributed by atoms with Gasteiger partial charge in [0.05, 0.1) is 20.3 Å². The molecule has 0 aliphatic heterocycles. The Morgan fingerprint density at radius 3 is 2.55 bits per heavy atom. The van der Waals surface area contributed by atoms with Crippen LogP contribution in [0.15, 0.2) is 42.5 Å². The Balaban J connectivity index is 2.12. The van der Waals surface area contributed by atoms with Crippen molar-refractivity contribution in [2.45, 2.75) is 13.0 Å².